The second-order valence-corrected chi connectivity index (χ2v) is 3.94. The van der Waals surface area contributed by atoms with Gasteiger partial charge in [-0.2, -0.15) is 0 Å². The number of fused-ring (bicyclic) bond motifs is 1. The van der Waals surface area contributed by atoms with Crippen LogP contribution in [-0.4, -0.2) is 11.4 Å². The smallest absolute Gasteiger partial charge is 0.238 e. The highest BCUT2D eigenvalue weighted by molar-refractivity contribution is 5.83. The SMILES string of the molecule is CC([CH]CC(F)F)c1c[nH]c2ccccc12. The molecule has 1 aromatic heterocycles. The molecule has 2 rings (SSSR count). The minimum absolute atomic E-state index is 0.0464. The summed E-state index contributed by atoms with van der Waals surface area (Å²) in [6, 6.07) is 7.90. The molecule has 85 valence electrons. The van der Waals surface area contributed by atoms with Gasteiger partial charge < -0.3 is 4.98 Å². The molecule has 1 aromatic carbocycles. The summed E-state index contributed by atoms with van der Waals surface area (Å²) in [7, 11) is 0. The van der Waals surface area contributed by atoms with E-state index in [1.54, 1.807) is 6.42 Å². The summed E-state index contributed by atoms with van der Waals surface area (Å²) in [5.41, 5.74) is 2.13. The molecule has 0 aliphatic carbocycles. The first-order valence-corrected chi connectivity index (χ1v) is 5.36. The number of alkyl halides is 2. The van der Waals surface area contributed by atoms with Gasteiger partial charge in [0.05, 0.1) is 0 Å². The number of halogens is 2. The molecular formula is C13H14F2N. The molecule has 0 amide bonds. The van der Waals surface area contributed by atoms with E-state index in [1.807, 2.05) is 37.4 Å². The number of nitrogens with one attached hydrogen (secondary N) is 1. The van der Waals surface area contributed by atoms with Gasteiger partial charge in [0.2, 0.25) is 6.43 Å². The van der Waals surface area contributed by atoms with Crippen molar-refractivity contribution in [2.75, 3.05) is 0 Å². The van der Waals surface area contributed by atoms with Gasteiger partial charge in [0.15, 0.2) is 0 Å². The lowest BCUT2D eigenvalue weighted by Gasteiger charge is -2.09. The van der Waals surface area contributed by atoms with E-state index in [0.29, 0.717) is 0 Å². The van der Waals surface area contributed by atoms with E-state index in [-0.39, 0.29) is 12.3 Å². The van der Waals surface area contributed by atoms with Crippen LogP contribution >= 0.6 is 0 Å². The topological polar surface area (TPSA) is 15.8 Å². The third-order valence-corrected chi connectivity index (χ3v) is 2.78. The quantitative estimate of drug-likeness (QED) is 0.800. The highest BCUT2D eigenvalue weighted by atomic mass is 19.3. The van der Waals surface area contributed by atoms with Gasteiger partial charge in [-0.3, -0.25) is 0 Å². The maximum absolute atomic E-state index is 12.1. The van der Waals surface area contributed by atoms with Gasteiger partial charge in [-0.15, -0.1) is 0 Å². The molecule has 0 fully saturated rings. The Bertz CT molecular complexity index is 462. The van der Waals surface area contributed by atoms with Crippen molar-refractivity contribution < 1.29 is 8.78 Å². The third kappa shape index (κ3) is 2.23. The van der Waals surface area contributed by atoms with Gasteiger partial charge in [0, 0.05) is 23.5 Å². The molecule has 0 aliphatic rings. The Morgan fingerprint density at radius 1 is 1.31 bits per heavy atom. The molecule has 3 heteroatoms. The number of para-hydroxylation sites is 1. The molecule has 0 saturated carbocycles. The van der Waals surface area contributed by atoms with Crippen LogP contribution in [0.3, 0.4) is 0 Å². The molecule has 1 atom stereocenters. The van der Waals surface area contributed by atoms with Crippen LogP contribution < -0.4 is 0 Å². The van der Waals surface area contributed by atoms with Crippen molar-refractivity contribution in [1.82, 2.24) is 4.98 Å². The fourth-order valence-electron chi connectivity index (χ4n) is 1.90. The summed E-state index contributed by atoms with van der Waals surface area (Å²) in [4.78, 5) is 3.15. The number of benzene rings is 1. The number of rotatable bonds is 4. The molecule has 2 aromatic rings. The maximum Gasteiger partial charge on any atom is 0.238 e. The zero-order chi connectivity index (χ0) is 11.5. The normalized spacial score (nSPS) is 13.5. The van der Waals surface area contributed by atoms with Gasteiger partial charge in [-0.1, -0.05) is 25.1 Å². The fraction of sp³-hybridized carbons (Fsp3) is 0.308. The first-order chi connectivity index (χ1) is 7.68. The highest BCUT2D eigenvalue weighted by Gasteiger charge is 2.13. The molecule has 0 bridgehead atoms. The second-order valence-electron chi connectivity index (χ2n) is 3.94. The Balaban J connectivity index is 2.19. The number of aromatic nitrogens is 1. The zero-order valence-corrected chi connectivity index (χ0v) is 9.08. The van der Waals surface area contributed by atoms with E-state index in [1.165, 1.54) is 0 Å². The largest absolute Gasteiger partial charge is 0.361 e. The first kappa shape index (κ1) is 11.1. The summed E-state index contributed by atoms with van der Waals surface area (Å²) in [6.45, 7) is 1.94. The first-order valence-electron chi connectivity index (χ1n) is 5.36. The summed E-state index contributed by atoms with van der Waals surface area (Å²) < 4.78 is 24.2. The van der Waals surface area contributed by atoms with Gasteiger partial charge in [0.1, 0.15) is 0 Å². The van der Waals surface area contributed by atoms with Crippen molar-refractivity contribution in [2.45, 2.75) is 25.7 Å². The standard InChI is InChI=1S/C13H14F2N/c1-9(6-7-13(14)15)11-8-16-12-5-3-2-4-10(11)12/h2-6,8-9,13,16H,7H2,1H3. The fourth-order valence-corrected chi connectivity index (χ4v) is 1.90. The van der Waals surface area contributed by atoms with Crippen LogP contribution in [0.5, 0.6) is 0 Å². The number of hydrogen-bond donors (Lipinski definition) is 1. The van der Waals surface area contributed by atoms with E-state index in [9.17, 15) is 8.78 Å². The molecule has 0 aliphatic heterocycles. The molecule has 16 heavy (non-hydrogen) atoms. The summed E-state index contributed by atoms with van der Waals surface area (Å²) >= 11 is 0. The summed E-state index contributed by atoms with van der Waals surface area (Å²) in [5.74, 6) is 0.0464. The molecule has 1 N–H and O–H groups in total. The van der Waals surface area contributed by atoms with Crippen LogP contribution in [0.4, 0.5) is 8.78 Å². The molecule has 1 nitrogen and oxygen atoms in total. The minimum Gasteiger partial charge on any atom is -0.361 e. The predicted molar refractivity (Wildman–Crippen MR) is 61.6 cm³/mol. The van der Waals surface area contributed by atoms with Crippen LogP contribution in [0.2, 0.25) is 0 Å². The monoisotopic (exact) mass is 222 g/mol. The van der Waals surface area contributed by atoms with Crippen molar-refractivity contribution >= 4 is 10.9 Å². The lowest BCUT2D eigenvalue weighted by Crippen LogP contribution is -1.98. The Hall–Kier alpha value is -1.38. The Morgan fingerprint density at radius 3 is 2.81 bits per heavy atom. The third-order valence-electron chi connectivity index (χ3n) is 2.78. The molecular weight excluding hydrogens is 208 g/mol. The molecule has 1 heterocycles. The van der Waals surface area contributed by atoms with Crippen LogP contribution in [0.15, 0.2) is 30.5 Å². The van der Waals surface area contributed by atoms with Crippen molar-refractivity contribution in [3.05, 3.63) is 42.4 Å². The predicted octanol–water partition coefficient (Wildman–Crippen LogP) is 4.13. The van der Waals surface area contributed by atoms with Gasteiger partial charge in [-0.25, -0.2) is 8.78 Å². The molecule has 1 unspecified atom stereocenters. The Kier molecular flexibility index (Phi) is 3.22. The molecule has 0 spiro atoms. The average molecular weight is 222 g/mol. The van der Waals surface area contributed by atoms with Crippen LogP contribution in [0.25, 0.3) is 10.9 Å². The van der Waals surface area contributed by atoms with E-state index in [4.69, 9.17) is 0 Å². The number of aromatic amines is 1. The van der Waals surface area contributed by atoms with Crippen LogP contribution in [0, 0.1) is 6.42 Å². The van der Waals surface area contributed by atoms with Crippen molar-refractivity contribution in [1.29, 1.82) is 0 Å². The molecule has 0 saturated heterocycles. The van der Waals surface area contributed by atoms with Crippen LogP contribution in [0.1, 0.15) is 24.8 Å². The van der Waals surface area contributed by atoms with Gasteiger partial charge in [0.25, 0.3) is 0 Å². The lowest BCUT2D eigenvalue weighted by atomic mass is 9.96. The van der Waals surface area contributed by atoms with Crippen molar-refractivity contribution in [2.24, 2.45) is 0 Å². The zero-order valence-electron chi connectivity index (χ0n) is 9.08. The number of H-pyrrole nitrogens is 1. The lowest BCUT2D eigenvalue weighted by molar-refractivity contribution is 0.146. The number of hydrogen-bond acceptors (Lipinski definition) is 0. The van der Waals surface area contributed by atoms with Crippen molar-refractivity contribution in [3.63, 3.8) is 0 Å². The van der Waals surface area contributed by atoms with E-state index in [2.05, 4.69) is 4.98 Å². The van der Waals surface area contributed by atoms with E-state index >= 15 is 0 Å². The highest BCUT2D eigenvalue weighted by Crippen LogP contribution is 2.28. The average Bonchev–Trinajstić information content (AvgIpc) is 2.69. The van der Waals surface area contributed by atoms with Gasteiger partial charge >= 0.3 is 0 Å². The second kappa shape index (κ2) is 4.64. The summed E-state index contributed by atoms with van der Waals surface area (Å²) in [6.07, 6.45) is 1.16. The van der Waals surface area contributed by atoms with Crippen molar-refractivity contribution in [3.8, 4) is 0 Å². The van der Waals surface area contributed by atoms with E-state index in [0.717, 1.165) is 16.5 Å². The summed E-state index contributed by atoms with van der Waals surface area (Å²) in [5, 5.41) is 1.11. The Morgan fingerprint density at radius 2 is 2.06 bits per heavy atom. The van der Waals surface area contributed by atoms with E-state index < -0.39 is 6.43 Å². The molecule has 1 radical (unpaired) electrons. The maximum atomic E-state index is 12.1. The van der Waals surface area contributed by atoms with Crippen LogP contribution in [-0.2, 0) is 0 Å². The minimum atomic E-state index is -2.26. The Labute approximate surface area is 93.5 Å². The van der Waals surface area contributed by atoms with Gasteiger partial charge in [-0.05, 0) is 24.0 Å².